The molecule has 0 N–H and O–H groups in total. The van der Waals surface area contributed by atoms with Gasteiger partial charge in [-0.1, -0.05) is 29.4 Å². The van der Waals surface area contributed by atoms with Crippen LogP contribution >= 0.6 is 0 Å². The first-order valence-electron chi connectivity index (χ1n) is 10.3. The summed E-state index contributed by atoms with van der Waals surface area (Å²) in [5.74, 6) is 2.58. The predicted molar refractivity (Wildman–Crippen MR) is 122 cm³/mol. The molecule has 0 aliphatic rings. The van der Waals surface area contributed by atoms with E-state index < -0.39 is 0 Å². The van der Waals surface area contributed by atoms with Gasteiger partial charge in [0.25, 0.3) is 0 Å². The van der Waals surface area contributed by atoms with Crippen molar-refractivity contribution < 1.29 is 19.0 Å². The zero-order valence-electron chi connectivity index (χ0n) is 18.9. The van der Waals surface area contributed by atoms with Gasteiger partial charge in [-0.15, -0.1) is 0 Å². The minimum absolute atomic E-state index is 0.0176. The normalized spacial score (nSPS) is 12.7. The highest BCUT2D eigenvalue weighted by Crippen LogP contribution is 2.29. The smallest absolute Gasteiger partial charge is 0.125 e. The summed E-state index contributed by atoms with van der Waals surface area (Å²) in [4.78, 5) is 4.84. The van der Waals surface area contributed by atoms with Crippen molar-refractivity contribution in [2.45, 2.75) is 47.1 Å². The number of aryl methyl sites for hydroxylation is 2. The van der Waals surface area contributed by atoms with Gasteiger partial charge in [-0.3, -0.25) is 0 Å². The Morgan fingerprint density at radius 3 is 2.47 bits per heavy atom. The Balaban J connectivity index is 1.89. The highest BCUT2D eigenvalue weighted by Gasteiger charge is 2.10. The highest BCUT2D eigenvalue weighted by atomic mass is 16.6. The van der Waals surface area contributed by atoms with E-state index in [1.807, 2.05) is 83.2 Å². The van der Waals surface area contributed by atoms with E-state index in [-0.39, 0.29) is 6.10 Å². The van der Waals surface area contributed by atoms with Crippen molar-refractivity contribution in [2.75, 3.05) is 20.3 Å². The minimum atomic E-state index is 0.0176. The molecule has 0 radical (unpaired) electrons. The summed E-state index contributed by atoms with van der Waals surface area (Å²) < 4.78 is 17.9. The summed E-state index contributed by atoms with van der Waals surface area (Å²) in [6.45, 7) is 11.2. The average molecular weight is 412 g/mol. The van der Waals surface area contributed by atoms with Crippen molar-refractivity contribution in [2.24, 2.45) is 5.16 Å². The van der Waals surface area contributed by atoms with Gasteiger partial charge >= 0.3 is 0 Å². The molecule has 2 aromatic carbocycles. The fourth-order valence-corrected chi connectivity index (χ4v) is 3.06. The summed E-state index contributed by atoms with van der Waals surface area (Å²) in [6, 6.07) is 11.9. The first-order valence-corrected chi connectivity index (χ1v) is 10.3. The number of hydrogen-bond acceptors (Lipinski definition) is 5. The number of nitrogens with zero attached hydrogens (tertiary/aromatic N) is 1. The fraction of sp³-hybridized carbons (Fsp3) is 0.400. The molecule has 162 valence electrons. The maximum Gasteiger partial charge on any atom is 0.125 e. The van der Waals surface area contributed by atoms with E-state index in [2.05, 4.69) is 5.16 Å². The SMILES string of the molecule is C/C=C/COc1cc(C)c(OCCC(C)Oc2cccc(/C(C)=N/OC)c2)c(C)c1. The fourth-order valence-electron chi connectivity index (χ4n) is 3.06. The van der Waals surface area contributed by atoms with Gasteiger partial charge in [0, 0.05) is 12.0 Å². The van der Waals surface area contributed by atoms with Gasteiger partial charge in [0.1, 0.15) is 31.0 Å². The predicted octanol–water partition coefficient (Wildman–Crippen LogP) is 5.87. The molecule has 2 rings (SSSR count). The van der Waals surface area contributed by atoms with E-state index in [0.29, 0.717) is 13.2 Å². The van der Waals surface area contributed by atoms with Gasteiger partial charge in [-0.2, -0.15) is 0 Å². The Kier molecular flexibility index (Phi) is 9.26. The van der Waals surface area contributed by atoms with Crippen LogP contribution in [0.15, 0.2) is 53.7 Å². The molecule has 2 aromatic rings. The molecule has 0 bridgehead atoms. The lowest BCUT2D eigenvalue weighted by atomic mass is 10.1. The van der Waals surface area contributed by atoms with E-state index in [1.54, 1.807) is 7.11 Å². The van der Waals surface area contributed by atoms with Gasteiger partial charge in [0.05, 0.1) is 18.4 Å². The largest absolute Gasteiger partial charge is 0.493 e. The Labute approximate surface area is 180 Å². The first kappa shape index (κ1) is 23.3. The lowest BCUT2D eigenvalue weighted by Crippen LogP contribution is -2.16. The minimum Gasteiger partial charge on any atom is -0.493 e. The van der Waals surface area contributed by atoms with Crippen molar-refractivity contribution in [3.05, 3.63) is 65.2 Å². The van der Waals surface area contributed by atoms with Crippen LogP contribution in [-0.4, -0.2) is 32.1 Å². The third-order valence-electron chi connectivity index (χ3n) is 4.60. The second kappa shape index (κ2) is 11.9. The molecule has 0 fully saturated rings. The quantitative estimate of drug-likeness (QED) is 0.264. The molecule has 30 heavy (non-hydrogen) atoms. The molecule has 5 heteroatoms. The number of rotatable bonds is 11. The van der Waals surface area contributed by atoms with Crippen LogP contribution in [-0.2, 0) is 4.84 Å². The highest BCUT2D eigenvalue weighted by molar-refractivity contribution is 5.98. The van der Waals surface area contributed by atoms with Crippen LogP contribution in [0.5, 0.6) is 17.2 Å². The zero-order chi connectivity index (χ0) is 21.9. The van der Waals surface area contributed by atoms with Crippen molar-refractivity contribution in [3.63, 3.8) is 0 Å². The zero-order valence-corrected chi connectivity index (χ0v) is 18.9. The lowest BCUT2D eigenvalue weighted by molar-refractivity contribution is 0.176. The number of ether oxygens (including phenoxy) is 3. The van der Waals surface area contributed by atoms with E-state index in [9.17, 15) is 0 Å². The summed E-state index contributed by atoms with van der Waals surface area (Å²) in [5.41, 5.74) is 3.92. The van der Waals surface area contributed by atoms with Crippen molar-refractivity contribution in [3.8, 4) is 17.2 Å². The third kappa shape index (κ3) is 7.14. The van der Waals surface area contributed by atoms with E-state index in [1.165, 1.54) is 0 Å². The number of benzene rings is 2. The van der Waals surface area contributed by atoms with Crippen molar-refractivity contribution >= 4 is 5.71 Å². The Morgan fingerprint density at radius 2 is 1.80 bits per heavy atom. The number of hydrogen-bond donors (Lipinski definition) is 0. The average Bonchev–Trinajstić information content (AvgIpc) is 2.70. The topological polar surface area (TPSA) is 49.3 Å². The molecule has 1 unspecified atom stereocenters. The molecule has 0 aromatic heterocycles. The lowest BCUT2D eigenvalue weighted by Gasteiger charge is -2.18. The third-order valence-corrected chi connectivity index (χ3v) is 4.60. The van der Waals surface area contributed by atoms with Crippen molar-refractivity contribution in [1.82, 2.24) is 0 Å². The molecular formula is C25H33NO4. The summed E-state index contributed by atoms with van der Waals surface area (Å²) in [5, 5.41) is 3.97. The van der Waals surface area contributed by atoms with Gasteiger partial charge in [-0.05, 0) is 70.0 Å². The van der Waals surface area contributed by atoms with Crippen LogP contribution in [0.1, 0.15) is 43.9 Å². The molecule has 0 amide bonds. The van der Waals surface area contributed by atoms with Crippen LogP contribution in [0.3, 0.4) is 0 Å². The van der Waals surface area contributed by atoms with Crippen LogP contribution < -0.4 is 14.2 Å². The molecule has 0 aliphatic heterocycles. The molecule has 0 aliphatic carbocycles. The second-order valence-corrected chi connectivity index (χ2v) is 7.22. The van der Waals surface area contributed by atoms with Gasteiger partial charge in [-0.25, -0.2) is 0 Å². The molecule has 0 saturated heterocycles. The monoisotopic (exact) mass is 411 g/mol. The summed E-state index contributed by atoms with van der Waals surface area (Å²) in [6.07, 6.45) is 4.75. The molecule has 0 heterocycles. The Bertz CT molecular complexity index is 850. The van der Waals surface area contributed by atoms with E-state index in [0.717, 1.165) is 46.1 Å². The number of oxime groups is 1. The maximum atomic E-state index is 6.07. The van der Waals surface area contributed by atoms with Crippen LogP contribution in [0.2, 0.25) is 0 Å². The van der Waals surface area contributed by atoms with Gasteiger partial charge < -0.3 is 19.0 Å². The molecular weight excluding hydrogens is 378 g/mol. The maximum absolute atomic E-state index is 6.07. The van der Waals surface area contributed by atoms with Crippen LogP contribution in [0.25, 0.3) is 0 Å². The summed E-state index contributed by atoms with van der Waals surface area (Å²) >= 11 is 0. The molecule has 5 nitrogen and oxygen atoms in total. The van der Waals surface area contributed by atoms with Gasteiger partial charge in [0.2, 0.25) is 0 Å². The molecule has 0 saturated carbocycles. The molecule has 0 spiro atoms. The standard InChI is InChI=1S/C25H33NO4/c1-7-8-13-28-24-15-18(2)25(19(3)16-24)29-14-12-20(4)30-23-11-9-10-22(17-23)21(5)26-27-6/h7-11,15-17,20H,12-14H2,1-6H3/b8-7+,26-21+. The Hall–Kier alpha value is -2.95. The number of allylic oxidation sites excluding steroid dienone is 1. The Morgan fingerprint density at radius 1 is 1.07 bits per heavy atom. The molecule has 1 atom stereocenters. The van der Waals surface area contributed by atoms with Crippen LogP contribution in [0.4, 0.5) is 0 Å². The van der Waals surface area contributed by atoms with E-state index >= 15 is 0 Å². The summed E-state index contributed by atoms with van der Waals surface area (Å²) in [7, 11) is 1.54. The first-order chi connectivity index (χ1) is 14.4. The van der Waals surface area contributed by atoms with Crippen molar-refractivity contribution in [1.29, 1.82) is 0 Å². The second-order valence-electron chi connectivity index (χ2n) is 7.22. The van der Waals surface area contributed by atoms with Crippen LogP contribution in [0, 0.1) is 13.8 Å². The van der Waals surface area contributed by atoms with E-state index in [4.69, 9.17) is 19.0 Å². The van der Waals surface area contributed by atoms with Gasteiger partial charge in [0.15, 0.2) is 0 Å².